The van der Waals surface area contributed by atoms with E-state index in [-0.39, 0.29) is 24.0 Å². The van der Waals surface area contributed by atoms with E-state index < -0.39 is 6.10 Å². The summed E-state index contributed by atoms with van der Waals surface area (Å²) >= 11 is 1.62. The van der Waals surface area contributed by atoms with Crippen LogP contribution in [0.2, 0.25) is 0 Å². The number of unbranched alkanes of at least 4 members (excludes halogenated alkanes) is 1. The van der Waals surface area contributed by atoms with E-state index >= 15 is 0 Å². The van der Waals surface area contributed by atoms with Crippen molar-refractivity contribution in [3.05, 3.63) is 35.2 Å². The molecule has 0 bridgehead atoms. The summed E-state index contributed by atoms with van der Waals surface area (Å²) in [5.41, 5.74) is 0. The third kappa shape index (κ3) is 8.73. The molecule has 2 aromatic rings. The number of aliphatic hydroxyl groups is 1. The summed E-state index contributed by atoms with van der Waals surface area (Å²) in [6.07, 6.45) is 1.42. The Morgan fingerprint density at radius 1 is 1.19 bits per heavy atom. The maximum atomic E-state index is 10.4. The van der Waals surface area contributed by atoms with Gasteiger partial charge >= 0.3 is 0 Å². The number of rotatable bonds is 11. The Balaban J connectivity index is 0.00000364. The second-order valence-electron chi connectivity index (χ2n) is 5.89. The van der Waals surface area contributed by atoms with Crippen LogP contribution in [0.25, 0.3) is 10.1 Å². The molecule has 27 heavy (non-hydrogen) atoms. The molecular weight excluding hydrogens is 477 g/mol. The maximum Gasteiger partial charge on any atom is 0.191 e. The Morgan fingerprint density at radius 2 is 2.00 bits per heavy atom. The van der Waals surface area contributed by atoms with Crippen LogP contribution in [0, 0.1) is 0 Å². The van der Waals surface area contributed by atoms with E-state index in [9.17, 15) is 5.11 Å². The fourth-order valence-corrected chi connectivity index (χ4v) is 3.51. The van der Waals surface area contributed by atoms with Crippen LogP contribution in [0.3, 0.4) is 0 Å². The molecule has 1 aromatic heterocycles. The number of nitrogens with zero attached hydrogens (tertiary/aromatic N) is 1. The standard InChI is InChI=1S/C19H29N3O3S.HI/c1-20-19(21-9-5-6-10-25-12-11-24-2)22-14-16(23)18-13-15-7-3-4-8-17(15)26-18;/h3-4,7-8,13,16,23H,5-6,9-12,14H2,1-2H3,(H2,20,21,22);1H. The van der Waals surface area contributed by atoms with Crippen molar-refractivity contribution in [3.63, 3.8) is 0 Å². The number of nitrogens with one attached hydrogen (secondary N) is 2. The average Bonchev–Trinajstić information content (AvgIpc) is 3.10. The zero-order chi connectivity index (χ0) is 18.6. The zero-order valence-electron chi connectivity index (χ0n) is 15.9. The molecule has 0 saturated carbocycles. The summed E-state index contributed by atoms with van der Waals surface area (Å²) in [6, 6.07) is 10.2. The normalized spacial score (nSPS) is 12.6. The highest BCUT2D eigenvalue weighted by Gasteiger charge is 2.12. The Labute approximate surface area is 182 Å². The summed E-state index contributed by atoms with van der Waals surface area (Å²) in [5.74, 6) is 0.700. The lowest BCUT2D eigenvalue weighted by Gasteiger charge is -2.14. The van der Waals surface area contributed by atoms with Crippen LogP contribution in [0.1, 0.15) is 23.8 Å². The predicted octanol–water partition coefficient (Wildman–Crippen LogP) is 3.16. The van der Waals surface area contributed by atoms with Gasteiger partial charge in [-0.05, 0) is 30.4 Å². The average molecular weight is 507 g/mol. The van der Waals surface area contributed by atoms with Gasteiger partial charge in [0.25, 0.3) is 0 Å². The topological polar surface area (TPSA) is 75.1 Å². The highest BCUT2D eigenvalue weighted by atomic mass is 127. The molecule has 3 N–H and O–H groups in total. The maximum absolute atomic E-state index is 10.4. The summed E-state index contributed by atoms with van der Waals surface area (Å²) < 4.78 is 11.6. The van der Waals surface area contributed by atoms with Crippen molar-refractivity contribution < 1.29 is 14.6 Å². The molecule has 2 rings (SSSR count). The predicted molar refractivity (Wildman–Crippen MR) is 123 cm³/mol. The van der Waals surface area contributed by atoms with Gasteiger partial charge < -0.3 is 25.2 Å². The number of thiophene rings is 1. The van der Waals surface area contributed by atoms with Crippen LogP contribution < -0.4 is 10.6 Å². The van der Waals surface area contributed by atoms with Crippen molar-refractivity contribution in [2.24, 2.45) is 4.99 Å². The van der Waals surface area contributed by atoms with E-state index in [1.165, 1.54) is 10.1 Å². The smallest absolute Gasteiger partial charge is 0.191 e. The molecule has 0 aliphatic carbocycles. The lowest BCUT2D eigenvalue weighted by Crippen LogP contribution is -2.39. The van der Waals surface area contributed by atoms with Crippen molar-refractivity contribution in [3.8, 4) is 0 Å². The molecule has 8 heteroatoms. The lowest BCUT2D eigenvalue weighted by atomic mass is 10.2. The minimum Gasteiger partial charge on any atom is -0.386 e. The fraction of sp³-hybridized carbons (Fsp3) is 0.526. The van der Waals surface area contributed by atoms with E-state index in [0.717, 1.165) is 30.9 Å². The molecule has 0 fully saturated rings. The molecular formula is C19H30IN3O3S. The molecule has 0 spiro atoms. The lowest BCUT2D eigenvalue weighted by molar-refractivity contribution is 0.0689. The van der Waals surface area contributed by atoms with Gasteiger partial charge in [-0.2, -0.15) is 0 Å². The highest BCUT2D eigenvalue weighted by molar-refractivity contribution is 14.0. The third-order valence-corrected chi connectivity index (χ3v) is 5.12. The van der Waals surface area contributed by atoms with E-state index in [1.54, 1.807) is 25.5 Å². The minimum absolute atomic E-state index is 0. The number of aliphatic hydroxyl groups excluding tert-OH is 1. The van der Waals surface area contributed by atoms with Gasteiger partial charge in [-0.1, -0.05) is 18.2 Å². The molecule has 152 valence electrons. The quantitative estimate of drug-likeness (QED) is 0.189. The fourth-order valence-electron chi connectivity index (χ4n) is 2.46. The Kier molecular flexibility index (Phi) is 12.6. The van der Waals surface area contributed by atoms with Gasteiger partial charge in [0.1, 0.15) is 6.10 Å². The van der Waals surface area contributed by atoms with Crippen LogP contribution >= 0.6 is 35.3 Å². The Hall–Kier alpha value is -0.940. The zero-order valence-corrected chi connectivity index (χ0v) is 19.1. The van der Waals surface area contributed by atoms with Gasteiger partial charge in [0.2, 0.25) is 0 Å². The molecule has 0 amide bonds. The number of hydrogen-bond donors (Lipinski definition) is 3. The number of ether oxygens (including phenoxy) is 2. The first kappa shape index (κ1) is 24.1. The minimum atomic E-state index is -0.555. The molecule has 0 aliphatic rings. The largest absolute Gasteiger partial charge is 0.386 e. The summed E-state index contributed by atoms with van der Waals surface area (Å²) in [4.78, 5) is 5.15. The second-order valence-corrected chi connectivity index (χ2v) is 7.01. The number of aliphatic imine (C=N–C) groups is 1. The molecule has 1 unspecified atom stereocenters. The van der Waals surface area contributed by atoms with Crippen molar-refractivity contribution in [1.82, 2.24) is 10.6 Å². The van der Waals surface area contributed by atoms with Gasteiger partial charge in [-0.15, -0.1) is 35.3 Å². The first-order valence-electron chi connectivity index (χ1n) is 8.92. The van der Waals surface area contributed by atoms with Crippen LogP contribution in [-0.2, 0) is 9.47 Å². The highest BCUT2D eigenvalue weighted by Crippen LogP contribution is 2.29. The number of halogens is 1. The van der Waals surface area contributed by atoms with Crippen molar-refractivity contribution in [2.75, 3.05) is 47.1 Å². The summed E-state index contributed by atoms with van der Waals surface area (Å²) in [5, 5.41) is 18.0. The third-order valence-electron chi connectivity index (χ3n) is 3.90. The number of benzene rings is 1. The van der Waals surface area contributed by atoms with E-state index in [0.29, 0.717) is 25.7 Å². The summed E-state index contributed by atoms with van der Waals surface area (Å²) in [6.45, 7) is 3.25. The van der Waals surface area contributed by atoms with Crippen LogP contribution in [-0.4, -0.2) is 58.1 Å². The Bertz CT molecular complexity index is 648. The number of hydrogen-bond acceptors (Lipinski definition) is 5. The molecule has 0 aliphatic heterocycles. The number of guanidine groups is 1. The van der Waals surface area contributed by atoms with E-state index in [1.807, 2.05) is 18.2 Å². The van der Waals surface area contributed by atoms with Crippen molar-refractivity contribution in [2.45, 2.75) is 18.9 Å². The van der Waals surface area contributed by atoms with Crippen LogP contribution in [0.4, 0.5) is 0 Å². The van der Waals surface area contributed by atoms with Gasteiger partial charge in [-0.3, -0.25) is 4.99 Å². The number of methoxy groups -OCH3 is 1. The van der Waals surface area contributed by atoms with Crippen LogP contribution in [0.5, 0.6) is 0 Å². The molecule has 1 heterocycles. The summed E-state index contributed by atoms with van der Waals surface area (Å²) in [7, 11) is 3.40. The first-order valence-corrected chi connectivity index (χ1v) is 9.74. The molecule has 1 atom stereocenters. The van der Waals surface area contributed by atoms with Gasteiger partial charge in [-0.25, -0.2) is 0 Å². The van der Waals surface area contributed by atoms with Gasteiger partial charge in [0, 0.05) is 43.4 Å². The molecule has 0 radical (unpaired) electrons. The second kappa shape index (κ2) is 14.1. The van der Waals surface area contributed by atoms with E-state index in [4.69, 9.17) is 9.47 Å². The van der Waals surface area contributed by atoms with Gasteiger partial charge in [0.15, 0.2) is 5.96 Å². The Morgan fingerprint density at radius 3 is 2.74 bits per heavy atom. The van der Waals surface area contributed by atoms with Crippen LogP contribution in [0.15, 0.2) is 35.3 Å². The monoisotopic (exact) mass is 507 g/mol. The van der Waals surface area contributed by atoms with Crippen molar-refractivity contribution in [1.29, 1.82) is 0 Å². The molecule has 1 aromatic carbocycles. The molecule has 6 nitrogen and oxygen atoms in total. The van der Waals surface area contributed by atoms with Gasteiger partial charge in [0.05, 0.1) is 13.2 Å². The SMILES string of the molecule is CN=C(NCCCCOCCOC)NCC(O)c1cc2ccccc2s1.I. The van der Waals surface area contributed by atoms with Crippen molar-refractivity contribution >= 4 is 51.4 Å². The molecule has 0 saturated heterocycles. The number of fused-ring (bicyclic) bond motifs is 1. The first-order chi connectivity index (χ1) is 12.7. The van der Waals surface area contributed by atoms with E-state index in [2.05, 4.69) is 27.8 Å².